The molecule has 0 aliphatic heterocycles. The predicted molar refractivity (Wildman–Crippen MR) is 62.3 cm³/mol. The van der Waals surface area contributed by atoms with Gasteiger partial charge in [0.1, 0.15) is 0 Å². The maximum atomic E-state index is 11.7. The molecule has 0 heterocycles. The lowest BCUT2D eigenvalue weighted by Crippen LogP contribution is -2.22. The van der Waals surface area contributed by atoms with Crippen LogP contribution in [0.5, 0.6) is 11.5 Å². The molecule has 0 bridgehead atoms. The monoisotopic (exact) mass is 223 g/mol. The third-order valence-electron chi connectivity index (χ3n) is 2.26. The third kappa shape index (κ3) is 2.45. The van der Waals surface area contributed by atoms with Crippen molar-refractivity contribution in [1.29, 1.82) is 0 Å². The summed E-state index contributed by atoms with van der Waals surface area (Å²) in [5, 5.41) is 2.74. The van der Waals surface area contributed by atoms with Crippen molar-refractivity contribution in [3.63, 3.8) is 0 Å². The first-order valence-electron chi connectivity index (χ1n) is 5.14. The van der Waals surface area contributed by atoms with E-state index in [2.05, 4.69) is 5.32 Å². The molecule has 0 saturated carbocycles. The Hall–Kier alpha value is -1.71. The lowest BCUT2D eigenvalue weighted by atomic mass is 10.1. The van der Waals surface area contributed by atoms with Crippen molar-refractivity contribution < 1.29 is 14.3 Å². The third-order valence-corrected chi connectivity index (χ3v) is 2.26. The Morgan fingerprint density at radius 3 is 2.50 bits per heavy atom. The molecule has 0 aliphatic rings. The summed E-state index contributed by atoms with van der Waals surface area (Å²) < 4.78 is 10.4. The van der Waals surface area contributed by atoms with Gasteiger partial charge in [-0.2, -0.15) is 0 Å². The fraction of sp³-hybridized carbons (Fsp3) is 0.417. The van der Waals surface area contributed by atoms with Crippen LogP contribution in [0.2, 0.25) is 0 Å². The van der Waals surface area contributed by atoms with Crippen molar-refractivity contribution >= 4 is 5.91 Å². The molecule has 4 nitrogen and oxygen atoms in total. The molecule has 88 valence electrons. The van der Waals surface area contributed by atoms with Crippen LogP contribution in [0.15, 0.2) is 12.1 Å². The van der Waals surface area contributed by atoms with E-state index >= 15 is 0 Å². The van der Waals surface area contributed by atoms with Crippen molar-refractivity contribution in [2.24, 2.45) is 0 Å². The number of ether oxygens (including phenoxy) is 2. The zero-order valence-corrected chi connectivity index (χ0v) is 10.1. The number of hydrogen-bond donors (Lipinski definition) is 1. The summed E-state index contributed by atoms with van der Waals surface area (Å²) in [5.74, 6) is 1.13. The Kier molecular flexibility index (Phi) is 4.17. The molecular weight excluding hydrogens is 206 g/mol. The van der Waals surface area contributed by atoms with E-state index in [0.717, 1.165) is 5.56 Å². The number of hydrogen-bond acceptors (Lipinski definition) is 3. The molecule has 0 aromatic heterocycles. The summed E-state index contributed by atoms with van der Waals surface area (Å²) in [7, 11) is 3.13. The lowest BCUT2D eigenvalue weighted by Gasteiger charge is -2.12. The van der Waals surface area contributed by atoms with Crippen molar-refractivity contribution in [3.05, 3.63) is 23.3 Å². The summed E-state index contributed by atoms with van der Waals surface area (Å²) >= 11 is 0. The average molecular weight is 223 g/mol. The smallest absolute Gasteiger partial charge is 0.251 e. The fourth-order valence-corrected chi connectivity index (χ4v) is 1.55. The number of aryl methyl sites for hydroxylation is 1. The molecule has 16 heavy (non-hydrogen) atoms. The van der Waals surface area contributed by atoms with E-state index in [1.165, 1.54) is 0 Å². The summed E-state index contributed by atoms with van der Waals surface area (Å²) in [4.78, 5) is 11.7. The van der Waals surface area contributed by atoms with Crippen LogP contribution in [0.4, 0.5) is 0 Å². The Bertz CT molecular complexity index is 388. The highest BCUT2D eigenvalue weighted by molar-refractivity contribution is 5.95. The van der Waals surface area contributed by atoms with Crippen LogP contribution in [0.1, 0.15) is 22.8 Å². The summed E-state index contributed by atoms with van der Waals surface area (Å²) in [5.41, 5.74) is 1.46. The van der Waals surface area contributed by atoms with Crippen molar-refractivity contribution in [1.82, 2.24) is 5.32 Å². The van der Waals surface area contributed by atoms with E-state index in [-0.39, 0.29) is 5.91 Å². The predicted octanol–water partition coefficient (Wildman–Crippen LogP) is 1.76. The van der Waals surface area contributed by atoms with Crippen LogP contribution in [-0.2, 0) is 0 Å². The normalized spacial score (nSPS) is 9.75. The highest BCUT2D eigenvalue weighted by Crippen LogP contribution is 2.31. The highest BCUT2D eigenvalue weighted by atomic mass is 16.5. The molecule has 0 spiro atoms. The van der Waals surface area contributed by atoms with Crippen molar-refractivity contribution in [3.8, 4) is 11.5 Å². The van der Waals surface area contributed by atoms with Crippen molar-refractivity contribution in [2.45, 2.75) is 13.8 Å². The molecule has 0 atom stereocenters. The van der Waals surface area contributed by atoms with Gasteiger partial charge in [-0.05, 0) is 31.5 Å². The van der Waals surface area contributed by atoms with E-state index in [1.807, 2.05) is 13.8 Å². The van der Waals surface area contributed by atoms with E-state index in [4.69, 9.17) is 9.47 Å². The van der Waals surface area contributed by atoms with Crippen molar-refractivity contribution in [2.75, 3.05) is 20.8 Å². The molecule has 1 aromatic carbocycles. The minimum absolute atomic E-state index is 0.105. The first-order valence-corrected chi connectivity index (χ1v) is 5.14. The maximum absolute atomic E-state index is 11.7. The van der Waals surface area contributed by atoms with E-state index in [0.29, 0.717) is 23.6 Å². The Balaban J connectivity index is 3.15. The fourth-order valence-electron chi connectivity index (χ4n) is 1.55. The molecular formula is C12H17NO3. The summed E-state index contributed by atoms with van der Waals surface area (Å²) in [6, 6.07) is 3.46. The zero-order chi connectivity index (χ0) is 12.1. The molecule has 1 aromatic rings. The van der Waals surface area contributed by atoms with Gasteiger partial charge in [0, 0.05) is 12.1 Å². The van der Waals surface area contributed by atoms with Crippen LogP contribution >= 0.6 is 0 Å². The van der Waals surface area contributed by atoms with Gasteiger partial charge in [-0.3, -0.25) is 4.79 Å². The van der Waals surface area contributed by atoms with Gasteiger partial charge in [-0.15, -0.1) is 0 Å². The zero-order valence-electron chi connectivity index (χ0n) is 10.1. The molecule has 1 amide bonds. The van der Waals surface area contributed by atoms with Crippen LogP contribution in [0.3, 0.4) is 0 Å². The van der Waals surface area contributed by atoms with Crippen LogP contribution in [0, 0.1) is 6.92 Å². The number of amides is 1. The number of carbonyl (C=O) groups is 1. The van der Waals surface area contributed by atoms with Crippen LogP contribution in [0.25, 0.3) is 0 Å². The standard InChI is InChI=1S/C12H17NO3/c1-5-13-12(14)9-6-8(2)11(16-4)10(7-9)15-3/h6-7H,5H2,1-4H3,(H,13,14). The second-order valence-corrected chi connectivity index (χ2v) is 3.39. The summed E-state index contributed by atoms with van der Waals surface area (Å²) in [6.45, 7) is 4.36. The lowest BCUT2D eigenvalue weighted by molar-refractivity contribution is 0.0955. The van der Waals surface area contributed by atoms with Crippen LogP contribution < -0.4 is 14.8 Å². The highest BCUT2D eigenvalue weighted by Gasteiger charge is 2.13. The number of rotatable bonds is 4. The minimum atomic E-state index is -0.105. The number of benzene rings is 1. The van der Waals surface area contributed by atoms with Gasteiger partial charge in [0.15, 0.2) is 11.5 Å². The van der Waals surface area contributed by atoms with E-state index < -0.39 is 0 Å². The number of carbonyl (C=O) groups excluding carboxylic acids is 1. The molecule has 0 aliphatic carbocycles. The molecule has 1 rings (SSSR count). The van der Waals surface area contributed by atoms with E-state index in [9.17, 15) is 4.79 Å². The Morgan fingerprint density at radius 1 is 1.31 bits per heavy atom. The first-order chi connectivity index (χ1) is 7.63. The second-order valence-electron chi connectivity index (χ2n) is 3.39. The van der Waals surface area contributed by atoms with Gasteiger partial charge in [0.25, 0.3) is 5.91 Å². The molecule has 4 heteroatoms. The number of nitrogens with one attached hydrogen (secondary N) is 1. The van der Waals surface area contributed by atoms with E-state index in [1.54, 1.807) is 26.4 Å². The summed E-state index contributed by atoms with van der Waals surface area (Å²) in [6.07, 6.45) is 0. The number of methoxy groups -OCH3 is 2. The van der Waals surface area contributed by atoms with Gasteiger partial charge in [0.2, 0.25) is 0 Å². The van der Waals surface area contributed by atoms with Gasteiger partial charge in [-0.25, -0.2) is 0 Å². The van der Waals surface area contributed by atoms with Gasteiger partial charge >= 0.3 is 0 Å². The first kappa shape index (κ1) is 12.4. The molecule has 1 N–H and O–H groups in total. The quantitative estimate of drug-likeness (QED) is 0.846. The topological polar surface area (TPSA) is 47.6 Å². The van der Waals surface area contributed by atoms with Gasteiger partial charge < -0.3 is 14.8 Å². The molecule has 0 unspecified atom stereocenters. The van der Waals surface area contributed by atoms with Gasteiger partial charge in [-0.1, -0.05) is 0 Å². The average Bonchev–Trinajstić information content (AvgIpc) is 2.28. The molecule has 0 fully saturated rings. The Labute approximate surface area is 95.6 Å². The molecule has 0 radical (unpaired) electrons. The minimum Gasteiger partial charge on any atom is -0.493 e. The second kappa shape index (κ2) is 5.39. The SMILES string of the molecule is CCNC(=O)c1cc(C)c(OC)c(OC)c1. The largest absolute Gasteiger partial charge is 0.493 e. The van der Waals surface area contributed by atoms with Crippen LogP contribution in [-0.4, -0.2) is 26.7 Å². The maximum Gasteiger partial charge on any atom is 0.251 e. The molecule has 0 saturated heterocycles. The Morgan fingerprint density at radius 2 is 2.00 bits per heavy atom. The van der Waals surface area contributed by atoms with Gasteiger partial charge in [0.05, 0.1) is 14.2 Å².